The normalized spacial score (nSPS) is 13.2. The van der Waals surface area contributed by atoms with Crippen LogP contribution in [0, 0.1) is 6.92 Å². The molecule has 0 aliphatic carbocycles. The maximum Gasteiger partial charge on any atom is 0.336 e. The van der Waals surface area contributed by atoms with Gasteiger partial charge in [-0.05, 0) is 62.6 Å². The van der Waals surface area contributed by atoms with Crippen LogP contribution in [0.25, 0.3) is 16.6 Å². The molecule has 158 valence electrons. The number of carbonyl (C=O) groups is 1. The Morgan fingerprint density at radius 3 is 2.47 bits per heavy atom. The fourth-order valence-corrected chi connectivity index (χ4v) is 3.69. The summed E-state index contributed by atoms with van der Waals surface area (Å²) in [5, 5.41) is 3.67. The van der Waals surface area contributed by atoms with Crippen molar-refractivity contribution in [2.45, 2.75) is 52.6 Å². The van der Waals surface area contributed by atoms with Crippen LogP contribution < -0.4 is 16.6 Å². The van der Waals surface area contributed by atoms with Crippen molar-refractivity contribution in [3.63, 3.8) is 0 Å². The Hall–Kier alpha value is -2.86. The van der Waals surface area contributed by atoms with Gasteiger partial charge in [0.1, 0.15) is 6.04 Å². The van der Waals surface area contributed by atoms with E-state index in [0.29, 0.717) is 28.0 Å². The lowest BCUT2D eigenvalue weighted by molar-refractivity contribution is -0.125. The van der Waals surface area contributed by atoms with Crippen LogP contribution in [0.2, 0.25) is 5.02 Å². The quantitative estimate of drug-likeness (QED) is 0.646. The summed E-state index contributed by atoms with van der Waals surface area (Å²) >= 11 is 6.18. The van der Waals surface area contributed by atoms with E-state index in [1.165, 1.54) is 4.57 Å². The van der Waals surface area contributed by atoms with Crippen molar-refractivity contribution in [1.82, 2.24) is 14.5 Å². The SMILES string of the molecule is CC[C@H](C)NC(=O)[C@H](CC)n1c(=O)n(-c2cccc(C)c2)c(=O)c2ccc(Cl)cc21. The van der Waals surface area contributed by atoms with E-state index in [2.05, 4.69) is 5.32 Å². The second-order valence-electron chi connectivity index (χ2n) is 7.54. The molecule has 0 fully saturated rings. The number of aromatic nitrogens is 2. The molecule has 0 radical (unpaired) electrons. The van der Waals surface area contributed by atoms with Crippen LogP contribution in [-0.2, 0) is 4.79 Å². The number of nitrogens with one attached hydrogen (secondary N) is 1. The van der Waals surface area contributed by atoms with E-state index in [4.69, 9.17) is 11.6 Å². The zero-order valence-electron chi connectivity index (χ0n) is 17.6. The number of amides is 1. The molecular formula is C23H26ClN3O3. The average molecular weight is 428 g/mol. The zero-order chi connectivity index (χ0) is 22.0. The number of halogens is 1. The van der Waals surface area contributed by atoms with E-state index in [9.17, 15) is 14.4 Å². The number of rotatable bonds is 6. The molecule has 0 spiro atoms. The van der Waals surface area contributed by atoms with Gasteiger partial charge >= 0.3 is 5.69 Å². The highest BCUT2D eigenvalue weighted by Crippen LogP contribution is 2.21. The summed E-state index contributed by atoms with van der Waals surface area (Å²) in [5.41, 5.74) is 0.737. The second-order valence-corrected chi connectivity index (χ2v) is 7.97. The number of benzene rings is 2. The Kier molecular flexibility index (Phi) is 6.46. The van der Waals surface area contributed by atoms with E-state index in [-0.39, 0.29) is 11.9 Å². The molecule has 2 aromatic carbocycles. The Balaban J connectivity index is 2.37. The third kappa shape index (κ3) is 4.05. The van der Waals surface area contributed by atoms with E-state index in [1.807, 2.05) is 33.8 Å². The molecule has 30 heavy (non-hydrogen) atoms. The topological polar surface area (TPSA) is 73.1 Å². The van der Waals surface area contributed by atoms with Gasteiger partial charge < -0.3 is 5.32 Å². The monoisotopic (exact) mass is 427 g/mol. The molecule has 2 atom stereocenters. The van der Waals surface area contributed by atoms with Gasteiger partial charge in [-0.2, -0.15) is 0 Å². The van der Waals surface area contributed by atoms with Gasteiger partial charge in [0, 0.05) is 11.1 Å². The van der Waals surface area contributed by atoms with Crippen LogP contribution in [-0.4, -0.2) is 21.1 Å². The Morgan fingerprint density at radius 1 is 1.10 bits per heavy atom. The van der Waals surface area contributed by atoms with Crippen LogP contribution in [0.5, 0.6) is 0 Å². The van der Waals surface area contributed by atoms with Gasteiger partial charge in [-0.3, -0.25) is 14.2 Å². The number of carbonyl (C=O) groups excluding carboxylic acids is 1. The summed E-state index contributed by atoms with van der Waals surface area (Å²) in [6.07, 6.45) is 1.16. The Bertz CT molecular complexity index is 1210. The lowest BCUT2D eigenvalue weighted by Crippen LogP contribution is -2.45. The molecule has 0 bridgehead atoms. The van der Waals surface area contributed by atoms with Crippen molar-refractivity contribution in [3.05, 3.63) is 73.9 Å². The predicted molar refractivity (Wildman–Crippen MR) is 121 cm³/mol. The minimum atomic E-state index is -0.774. The Morgan fingerprint density at radius 2 is 1.83 bits per heavy atom. The highest BCUT2D eigenvalue weighted by Gasteiger charge is 2.26. The van der Waals surface area contributed by atoms with Crippen LogP contribution in [0.3, 0.4) is 0 Å². The second kappa shape index (κ2) is 8.88. The fraction of sp³-hybridized carbons (Fsp3) is 0.348. The van der Waals surface area contributed by atoms with Crippen molar-refractivity contribution in [1.29, 1.82) is 0 Å². The molecule has 3 aromatic rings. The largest absolute Gasteiger partial charge is 0.352 e. The van der Waals surface area contributed by atoms with Gasteiger partial charge in [0.05, 0.1) is 16.6 Å². The van der Waals surface area contributed by atoms with Crippen molar-refractivity contribution in [2.24, 2.45) is 0 Å². The fourth-order valence-electron chi connectivity index (χ4n) is 3.53. The van der Waals surface area contributed by atoms with Crippen molar-refractivity contribution in [3.8, 4) is 5.69 Å². The van der Waals surface area contributed by atoms with Gasteiger partial charge in [0.2, 0.25) is 5.91 Å². The molecule has 3 rings (SSSR count). The van der Waals surface area contributed by atoms with E-state index >= 15 is 0 Å². The molecule has 0 aliphatic rings. The van der Waals surface area contributed by atoms with Crippen LogP contribution in [0.15, 0.2) is 52.1 Å². The maximum absolute atomic E-state index is 13.6. The summed E-state index contributed by atoms with van der Waals surface area (Å²) in [6.45, 7) is 7.62. The van der Waals surface area contributed by atoms with Gasteiger partial charge in [-0.25, -0.2) is 9.36 Å². The molecule has 0 unspecified atom stereocenters. The Labute approximate surface area is 180 Å². The summed E-state index contributed by atoms with van der Waals surface area (Å²) < 4.78 is 2.52. The van der Waals surface area contributed by atoms with E-state index in [1.54, 1.807) is 36.4 Å². The van der Waals surface area contributed by atoms with E-state index in [0.717, 1.165) is 16.6 Å². The van der Waals surface area contributed by atoms with Gasteiger partial charge in [-0.1, -0.05) is 37.6 Å². The van der Waals surface area contributed by atoms with Crippen molar-refractivity contribution < 1.29 is 4.79 Å². The summed E-state index contributed by atoms with van der Waals surface area (Å²) in [6, 6.07) is 11.1. The molecule has 0 saturated carbocycles. The highest BCUT2D eigenvalue weighted by molar-refractivity contribution is 6.31. The molecule has 7 heteroatoms. The van der Waals surface area contributed by atoms with E-state index < -0.39 is 17.3 Å². The van der Waals surface area contributed by atoms with Crippen LogP contribution >= 0.6 is 11.6 Å². The van der Waals surface area contributed by atoms with Crippen LogP contribution in [0.1, 0.15) is 45.2 Å². The van der Waals surface area contributed by atoms with Crippen molar-refractivity contribution >= 4 is 28.4 Å². The minimum Gasteiger partial charge on any atom is -0.352 e. The lowest BCUT2D eigenvalue weighted by Gasteiger charge is -2.23. The van der Waals surface area contributed by atoms with Gasteiger partial charge in [0.15, 0.2) is 0 Å². The lowest BCUT2D eigenvalue weighted by atomic mass is 10.1. The van der Waals surface area contributed by atoms with Gasteiger partial charge in [-0.15, -0.1) is 0 Å². The zero-order valence-corrected chi connectivity index (χ0v) is 18.4. The number of hydrogen-bond donors (Lipinski definition) is 1. The molecule has 1 N–H and O–H groups in total. The summed E-state index contributed by atoms with van der Waals surface area (Å²) in [5.74, 6) is -0.260. The first kappa shape index (κ1) is 21.8. The number of fused-ring (bicyclic) bond motifs is 1. The molecule has 6 nitrogen and oxygen atoms in total. The first-order valence-corrected chi connectivity index (χ1v) is 10.5. The standard InChI is InChI=1S/C23H26ClN3O3/c1-5-15(4)25-21(28)19(6-2)27-20-13-16(24)10-11-18(20)22(29)26(23(27)30)17-9-7-8-14(3)12-17/h7-13,15,19H,5-6H2,1-4H3,(H,25,28)/t15-,19-/m0/s1. The summed E-state index contributed by atoms with van der Waals surface area (Å²) in [4.78, 5) is 39.8. The summed E-state index contributed by atoms with van der Waals surface area (Å²) in [7, 11) is 0. The molecule has 0 saturated heterocycles. The first-order chi connectivity index (χ1) is 14.3. The smallest absolute Gasteiger partial charge is 0.336 e. The third-order valence-corrected chi connectivity index (χ3v) is 5.55. The van der Waals surface area contributed by atoms with Gasteiger partial charge in [0.25, 0.3) is 5.56 Å². The van der Waals surface area contributed by atoms with Crippen molar-refractivity contribution in [2.75, 3.05) is 0 Å². The number of aryl methyl sites for hydroxylation is 1. The highest BCUT2D eigenvalue weighted by atomic mass is 35.5. The molecule has 1 amide bonds. The average Bonchev–Trinajstić information content (AvgIpc) is 2.70. The molecule has 1 aromatic heterocycles. The predicted octanol–water partition coefficient (Wildman–Crippen LogP) is 3.98. The first-order valence-electron chi connectivity index (χ1n) is 10.1. The maximum atomic E-state index is 13.6. The van der Waals surface area contributed by atoms with Crippen LogP contribution in [0.4, 0.5) is 0 Å². The number of hydrogen-bond acceptors (Lipinski definition) is 3. The number of nitrogens with zero attached hydrogens (tertiary/aromatic N) is 2. The third-order valence-electron chi connectivity index (χ3n) is 5.31. The molecular weight excluding hydrogens is 402 g/mol. The minimum absolute atomic E-state index is 0.0280. The molecule has 0 aliphatic heterocycles. The molecule has 1 heterocycles.